The molecule has 11 aromatic carbocycles. The van der Waals surface area contributed by atoms with Gasteiger partial charge in [-0.25, -0.2) is 9.59 Å². The molecule has 0 saturated carbocycles. The van der Waals surface area contributed by atoms with Crippen molar-refractivity contribution in [3.8, 4) is 0 Å². The summed E-state index contributed by atoms with van der Waals surface area (Å²) >= 11 is 3.61. The molecule has 11 aromatic rings. The van der Waals surface area contributed by atoms with Gasteiger partial charge < -0.3 is 19.4 Å². The number of hydrogen-bond donors (Lipinski definition) is 0. The average molecular weight is 884 g/mol. The van der Waals surface area contributed by atoms with Crippen molar-refractivity contribution in [3.05, 3.63) is 211 Å². The molecule has 0 fully saturated rings. The minimum absolute atomic E-state index is 0.418. The summed E-state index contributed by atoms with van der Waals surface area (Å²) in [5.41, 5.74) is 10.7. The number of rotatable bonds is 5. The van der Waals surface area contributed by atoms with Crippen LogP contribution >= 0.6 is 23.5 Å². The fourth-order valence-electron chi connectivity index (χ4n) is 10.4. The van der Waals surface area contributed by atoms with Crippen molar-refractivity contribution in [2.24, 2.45) is 0 Å². The first kappa shape index (κ1) is 37.3. The van der Waals surface area contributed by atoms with Gasteiger partial charge in [0.25, 0.3) is 0 Å². The standard InChI is InChI=1S/C58H33N3O3S2/c62-57-43-30-28-40-38-10-9-11-42-45(33-32-39(54(38)42)41-29-31-44(58(63)64-57)56(43)55(40)41)59(34-20-24-36(25-21-34)60-46-12-1-5-16-50(46)65-51-17-6-2-13-47(51)60)35-22-26-37(27-23-35)61-48-14-3-7-18-52(48)66-53-19-8-4-15-49(53)61/h1-33H. The van der Waals surface area contributed by atoms with Crippen molar-refractivity contribution in [2.45, 2.75) is 19.6 Å². The summed E-state index contributed by atoms with van der Waals surface area (Å²) in [6.45, 7) is 0. The third-order valence-electron chi connectivity index (χ3n) is 13.2. The molecule has 0 bridgehead atoms. The lowest BCUT2D eigenvalue weighted by atomic mass is 9.85. The summed E-state index contributed by atoms with van der Waals surface area (Å²) in [5, 5.41) is 7.86. The molecule has 3 aliphatic rings. The summed E-state index contributed by atoms with van der Waals surface area (Å²) in [6.07, 6.45) is 0. The lowest BCUT2D eigenvalue weighted by molar-refractivity contribution is 0.0391. The predicted molar refractivity (Wildman–Crippen MR) is 270 cm³/mol. The van der Waals surface area contributed by atoms with Gasteiger partial charge in [0, 0.05) is 53.1 Å². The van der Waals surface area contributed by atoms with Crippen LogP contribution in [0.3, 0.4) is 0 Å². The average Bonchev–Trinajstić information content (AvgIpc) is 3.36. The van der Waals surface area contributed by atoms with E-state index in [9.17, 15) is 9.59 Å². The molecule has 0 N–H and O–H groups in total. The molecule has 0 atom stereocenters. The number of hydrogen-bond acceptors (Lipinski definition) is 8. The number of cyclic esters (lactones) is 2. The van der Waals surface area contributed by atoms with E-state index in [1.54, 1.807) is 12.1 Å². The first-order valence-electron chi connectivity index (χ1n) is 21.8. The van der Waals surface area contributed by atoms with E-state index >= 15 is 0 Å². The van der Waals surface area contributed by atoms with E-state index < -0.39 is 11.9 Å². The molecule has 3 heterocycles. The Morgan fingerprint density at radius 1 is 0.348 bits per heavy atom. The predicted octanol–water partition coefficient (Wildman–Crippen LogP) is 16.4. The third-order valence-corrected chi connectivity index (χ3v) is 15.5. The smallest absolute Gasteiger partial charge is 0.346 e. The topological polar surface area (TPSA) is 53.1 Å². The maximum atomic E-state index is 13.0. The fourth-order valence-corrected chi connectivity index (χ4v) is 12.5. The van der Waals surface area contributed by atoms with Crippen LogP contribution in [0.5, 0.6) is 0 Å². The molecule has 0 unspecified atom stereocenters. The lowest BCUT2D eigenvalue weighted by Crippen LogP contribution is -2.19. The number of ether oxygens (including phenoxy) is 1. The van der Waals surface area contributed by atoms with E-state index in [-0.39, 0.29) is 0 Å². The van der Waals surface area contributed by atoms with Crippen LogP contribution < -0.4 is 14.7 Å². The minimum Gasteiger partial charge on any atom is -0.386 e. The summed E-state index contributed by atoms with van der Waals surface area (Å²) in [5.74, 6) is -1.22. The van der Waals surface area contributed by atoms with Gasteiger partial charge in [0.2, 0.25) is 0 Å². The van der Waals surface area contributed by atoms with Crippen LogP contribution in [0.1, 0.15) is 20.7 Å². The van der Waals surface area contributed by atoms with Gasteiger partial charge in [-0.3, -0.25) is 0 Å². The molecule has 310 valence electrons. The molecule has 8 heteroatoms. The van der Waals surface area contributed by atoms with Gasteiger partial charge in [-0.2, -0.15) is 0 Å². The highest BCUT2D eigenvalue weighted by atomic mass is 32.2. The zero-order chi connectivity index (χ0) is 43.6. The quantitative estimate of drug-likeness (QED) is 0.0733. The number of benzene rings is 11. The largest absolute Gasteiger partial charge is 0.386 e. The van der Waals surface area contributed by atoms with Gasteiger partial charge in [-0.1, -0.05) is 108 Å². The number of carbonyl (C=O) groups is 2. The Morgan fingerprint density at radius 2 is 0.742 bits per heavy atom. The van der Waals surface area contributed by atoms with Gasteiger partial charge >= 0.3 is 11.9 Å². The van der Waals surface area contributed by atoms with Crippen LogP contribution in [0.25, 0.3) is 43.1 Å². The number of para-hydroxylation sites is 4. The molecule has 0 aromatic heterocycles. The van der Waals surface area contributed by atoms with Crippen molar-refractivity contribution in [2.75, 3.05) is 14.7 Å². The number of esters is 2. The molecule has 6 nitrogen and oxygen atoms in total. The first-order valence-corrected chi connectivity index (χ1v) is 23.5. The Bertz CT molecular complexity index is 3570. The SMILES string of the molecule is O=C1OC(=O)c2ccc3c4ccc(N(c5ccc(N6c7ccccc7Sc7ccccc76)cc5)c5ccc(N6c7ccccc7Sc7ccccc76)cc5)c5cccc(c6ccc1c2c63)c54. The van der Waals surface area contributed by atoms with Crippen molar-refractivity contribution in [1.29, 1.82) is 0 Å². The second-order valence-corrected chi connectivity index (χ2v) is 18.9. The molecule has 0 saturated heterocycles. The Balaban J connectivity index is 0.965. The zero-order valence-corrected chi connectivity index (χ0v) is 36.6. The Kier molecular flexibility index (Phi) is 8.05. The van der Waals surface area contributed by atoms with Crippen LogP contribution in [0, 0.1) is 0 Å². The van der Waals surface area contributed by atoms with Crippen LogP contribution in [-0.2, 0) is 4.74 Å². The van der Waals surface area contributed by atoms with Gasteiger partial charge in [-0.15, -0.1) is 0 Å². The Hall–Kier alpha value is -8.04. The van der Waals surface area contributed by atoms with Crippen LogP contribution in [0.15, 0.2) is 220 Å². The number of anilines is 9. The molecule has 0 amide bonds. The lowest BCUT2D eigenvalue weighted by Gasteiger charge is -2.34. The number of fused-ring (bicyclic) bond motifs is 6. The summed E-state index contributed by atoms with van der Waals surface area (Å²) in [7, 11) is 0. The van der Waals surface area contributed by atoms with E-state index in [4.69, 9.17) is 4.74 Å². The molecule has 0 spiro atoms. The van der Waals surface area contributed by atoms with Gasteiger partial charge in [0.05, 0.1) is 39.6 Å². The van der Waals surface area contributed by atoms with Crippen LogP contribution in [0.4, 0.5) is 51.2 Å². The molecule has 14 rings (SSSR count). The maximum absolute atomic E-state index is 13.0. The minimum atomic E-state index is -0.608. The molecule has 0 radical (unpaired) electrons. The Labute approximate surface area is 387 Å². The van der Waals surface area contributed by atoms with E-state index in [0.717, 1.165) is 88.9 Å². The van der Waals surface area contributed by atoms with Crippen LogP contribution in [-0.4, -0.2) is 11.9 Å². The van der Waals surface area contributed by atoms with Crippen molar-refractivity contribution < 1.29 is 14.3 Å². The van der Waals surface area contributed by atoms with Crippen molar-refractivity contribution in [3.63, 3.8) is 0 Å². The summed E-state index contributed by atoms with van der Waals surface area (Å²) < 4.78 is 5.14. The van der Waals surface area contributed by atoms with Gasteiger partial charge in [-0.05, 0) is 148 Å². The van der Waals surface area contributed by atoms with E-state index in [2.05, 4.69) is 191 Å². The maximum Gasteiger partial charge on any atom is 0.346 e. The Morgan fingerprint density at radius 3 is 1.21 bits per heavy atom. The highest BCUT2D eigenvalue weighted by Crippen LogP contribution is 2.54. The zero-order valence-electron chi connectivity index (χ0n) is 34.9. The van der Waals surface area contributed by atoms with Gasteiger partial charge in [0.15, 0.2) is 0 Å². The monoisotopic (exact) mass is 883 g/mol. The third kappa shape index (κ3) is 5.40. The second kappa shape index (κ2) is 14.2. The van der Waals surface area contributed by atoms with E-state index in [1.807, 2.05) is 35.7 Å². The highest BCUT2D eigenvalue weighted by molar-refractivity contribution is 8.00. The highest BCUT2D eigenvalue weighted by Gasteiger charge is 2.31. The van der Waals surface area contributed by atoms with Gasteiger partial charge in [0.1, 0.15) is 0 Å². The number of carbonyl (C=O) groups excluding carboxylic acids is 2. The van der Waals surface area contributed by atoms with E-state index in [1.165, 1.54) is 19.6 Å². The normalized spacial score (nSPS) is 13.8. The fraction of sp³-hybridized carbons (Fsp3) is 0. The number of nitrogens with zero attached hydrogens (tertiary/aromatic N) is 3. The molecule has 0 aliphatic carbocycles. The van der Waals surface area contributed by atoms with Crippen molar-refractivity contribution in [1.82, 2.24) is 0 Å². The van der Waals surface area contributed by atoms with Crippen LogP contribution in [0.2, 0.25) is 0 Å². The summed E-state index contributed by atoms with van der Waals surface area (Å²) in [4.78, 5) is 38.0. The summed E-state index contributed by atoms with van der Waals surface area (Å²) in [6, 6.07) is 70.8. The first-order chi connectivity index (χ1) is 32.6. The molecule has 3 aliphatic heterocycles. The molecular formula is C58H33N3O3S2. The molecular weight excluding hydrogens is 851 g/mol. The second-order valence-electron chi connectivity index (χ2n) is 16.7. The van der Waals surface area contributed by atoms with Crippen molar-refractivity contribution >= 4 is 130 Å². The molecule has 66 heavy (non-hydrogen) atoms. The van der Waals surface area contributed by atoms with E-state index in [0.29, 0.717) is 16.5 Å².